The van der Waals surface area contributed by atoms with E-state index in [1.807, 2.05) is 81.4 Å². The van der Waals surface area contributed by atoms with E-state index in [1.54, 1.807) is 18.9 Å². The number of benzene rings is 2. The molecule has 9 heteroatoms. The van der Waals surface area contributed by atoms with Crippen molar-refractivity contribution in [3.8, 4) is 0 Å². The predicted molar refractivity (Wildman–Crippen MR) is 176 cm³/mol. The van der Waals surface area contributed by atoms with Crippen LogP contribution in [0.2, 0.25) is 0 Å². The summed E-state index contributed by atoms with van der Waals surface area (Å²) in [6.45, 7) is 7.93. The van der Waals surface area contributed by atoms with E-state index in [2.05, 4.69) is 21.3 Å². The molecule has 2 aromatic carbocycles. The molecule has 244 valence electrons. The number of likely N-dealkylation sites (N-methyl/N-ethyl adjacent to an activating group) is 1. The van der Waals surface area contributed by atoms with Crippen LogP contribution in [0.25, 0.3) is 0 Å². The Bertz CT molecular complexity index is 1250. The van der Waals surface area contributed by atoms with Gasteiger partial charge in [-0.25, -0.2) is 0 Å². The molecule has 0 bridgehead atoms. The third kappa shape index (κ3) is 8.93. The third-order valence-corrected chi connectivity index (χ3v) is 9.08. The zero-order valence-corrected chi connectivity index (χ0v) is 27.5. The first-order chi connectivity index (χ1) is 21.5. The van der Waals surface area contributed by atoms with Gasteiger partial charge in [-0.05, 0) is 77.5 Å². The number of hydrogen-bond acceptors (Lipinski definition) is 5. The summed E-state index contributed by atoms with van der Waals surface area (Å²) in [7, 11) is 1.72. The van der Waals surface area contributed by atoms with E-state index in [4.69, 9.17) is 0 Å². The Kier molecular flexibility index (Phi) is 11.8. The average molecular weight is 618 g/mol. The molecule has 4 rings (SSSR count). The van der Waals surface area contributed by atoms with Crippen molar-refractivity contribution < 1.29 is 19.2 Å². The van der Waals surface area contributed by atoms with Gasteiger partial charge in [-0.3, -0.25) is 19.2 Å². The molecule has 4 atom stereocenters. The normalized spacial score (nSPS) is 19.4. The molecule has 4 N–H and O–H groups in total. The van der Waals surface area contributed by atoms with Gasteiger partial charge in [0.2, 0.25) is 23.6 Å². The van der Waals surface area contributed by atoms with Crippen LogP contribution in [0.5, 0.6) is 0 Å². The summed E-state index contributed by atoms with van der Waals surface area (Å²) in [4.78, 5) is 57.0. The Hall–Kier alpha value is -3.72. The van der Waals surface area contributed by atoms with Gasteiger partial charge >= 0.3 is 0 Å². The molecule has 1 heterocycles. The number of likely N-dealkylation sites (tertiary alicyclic amines) is 1. The van der Waals surface area contributed by atoms with E-state index in [1.165, 1.54) is 0 Å². The van der Waals surface area contributed by atoms with Gasteiger partial charge in [0.15, 0.2) is 0 Å². The molecule has 2 fully saturated rings. The van der Waals surface area contributed by atoms with Gasteiger partial charge in [-0.15, -0.1) is 0 Å². The highest BCUT2D eigenvalue weighted by atomic mass is 16.2. The minimum Gasteiger partial charge on any atom is -0.350 e. The van der Waals surface area contributed by atoms with Crippen LogP contribution in [0, 0.1) is 5.92 Å². The Morgan fingerprint density at radius 3 is 1.89 bits per heavy atom. The van der Waals surface area contributed by atoms with Crippen molar-refractivity contribution in [1.82, 2.24) is 26.2 Å². The Morgan fingerprint density at radius 1 is 0.778 bits per heavy atom. The van der Waals surface area contributed by atoms with Crippen LogP contribution < -0.4 is 21.3 Å². The first kappa shape index (κ1) is 34.2. The summed E-state index contributed by atoms with van der Waals surface area (Å²) in [6.07, 6.45) is 6.03. The number of rotatable bonds is 11. The molecule has 1 saturated carbocycles. The van der Waals surface area contributed by atoms with Crippen LogP contribution in [-0.2, 0) is 19.2 Å². The minimum absolute atomic E-state index is 0.0226. The van der Waals surface area contributed by atoms with Gasteiger partial charge in [0.05, 0.1) is 6.04 Å². The Morgan fingerprint density at radius 2 is 1.36 bits per heavy atom. The fraction of sp³-hybridized carbons (Fsp3) is 0.556. The fourth-order valence-electron chi connectivity index (χ4n) is 6.63. The maximum atomic E-state index is 14.2. The first-order valence-corrected chi connectivity index (χ1v) is 16.5. The van der Waals surface area contributed by atoms with E-state index in [9.17, 15) is 19.2 Å². The van der Waals surface area contributed by atoms with Crippen LogP contribution in [0.15, 0.2) is 60.7 Å². The zero-order valence-electron chi connectivity index (χ0n) is 27.5. The molecule has 2 aromatic rings. The quantitative estimate of drug-likeness (QED) is 0.305. The van der Waals surface area contributed by atoms with E-state index >= 15 is 0 Å². The van der Waals surface area contributed by atoms with Crippen LogP contribution in [0.4, 0.5) is 0 Å². The minimum atomic E-state index is -0.926. The summed E-state index contributed by atoms with van der Waals surface area (Å²) < 4.78 is 0. The Labute approximate surface area is 268 Å². The maximum absolute atomic E-state index is 14.2. The molecule has 0 unspecified atom stereocenters. The highest BCUT2D eigenvalue weighted by Crippen LogP contribution is 2.31. The molecule has 45 heavy (non-hydrogen) atoms. The molecular formula is C36H51N5O4. The monoisotopic (exact) mass is 617 g/mol. The summed E-state index contributed by atoms with van der Waals surface area (Å²) in [6, 6.07) is 16.6. The highest BCUT2D eigenvalue weighted by molar-refractivity contribution is 5.96. The smallest absolute Gasteiger partial charge is 0.246 e. The number of carbonyl (C=O) groups excluding carboxylic acids is 4. The SMILES string of the molecule is CN[C@@H](C)C(=O)N[C@H](C(=O)N1CCC[C@H]1C(=O)N[C@H](C(=O)NC(C)(C)C)C(c1ccccc1)c1ccccc1)C1CCCCC1. The second-order valence-electron chi connectivity index (χ2n) is 13.6. The molecule has 9 nitrogen and oxygen atoms in total. The van der Waals surface area contributed by atoms with E-state index in [-0.39, 0.29) is 29.5 Å². The van der Waals surface area contributed by atoms with Crippen molar-refractivity contribution in [2.75, 3.05) is 13.6 Å². The number of nitrogens with one attached hydrogen (secondary N) is 4. The van der Waals surface area contributed by atoms with Gasteiger partial charge in [0.25, 0.3) is 0 Å². The first-order valence-electron chi connectivity index (χ1n) is 16.5. The van der Waals surface area contributed by atoms with Crippen LogP contribution in [0.1, 0.15) is 89.7 Å². The van der Waals surface area contributed by atoms with Crippen LogP contribution >= 0.6 is 0 Å². The lowest BCUT2D eigenvalue weighted by Gasteiger charge is -2.36. The van der Waals surface area contributed by atoms with Crippen molar-refractivity contribution in [2.24, 2.45) is 5.92 Å². The van der Waals surface area contributed by atoms with E-state index in [0.29, 0.717) is 19.4 Å². The van der Waals surface area contributed by atoms with Crippen LogP contribution in [-0.4, -0.2) is 71.8 Å². The molecule has 0 aromatic heterocycles. The summed E-state index contributed by atoms with van der Waals surface area (Å²) >= 11 is 0. The molecular weight excluding hydrogens is 566 g/mol. The van der Waals surface area contributed by atoms with Crippen molar-refractivity contribution >= 4 is 23.6 Å². The van der Waals surface area contributed by atoms with Crippen molar-refractivity contribution in [2.45, 2.75) is 108 Å². The molecule has 1 aliphatic heterocycles. The molecule has 0 spiro atoms. The Balaban J connectivity index is 1.64. The number of nitrogens with zero attached hydrogens (tertiary/aromatic N) is 1. The highest BCUT2D eigenvalue weighted by Gasteiger charge is 2.43. The molecule has 1 aliphatic carbocycles. The number of hydrogen-bond donors (Lipinski definition) is 4. The predicted octanol–water partition coefficient (Wildman–Crippen LogP) is 3.88. The molecule has 0 radical (unpaired) electrons. The molecule has 4 amide bonds. The summed E-state index contributed by atoms with van der Waals surface area (Å²) in [5.41, 5.74) is 1.27. The van der Waals surface area contributed by atoms with E-state index < -0.39 is 35.6 Å². The fourth-order valence-corrected chi connectivity index (χ4v) is 6.63. The lowest BCUT2D eigenvalue weighted by atomic mass is 9.83. The van der Waals surface area contributed by atoms with Crippen LogP contribution in [0.3, 0.4) is 0 Å². The summed E-state index contributed by atoms with van der Waals surface area (Å²) in [5.74, 6) is -1.53. The van der Waals surface area contributed by atoms with E-state index in [0.717, 1.165) is 43.2 Å². The number of carbonyl (C=O) groups is 4. The molecule has 2 aliphatic rings. The van der Waals surface area contributed by atoms with Gasteiger partial charge in [0.1, 0.15) is 18.1 Å². The van der Waals surface area contributed by atoms with Crippen molar-refractivity contribution in [3.05, 3.63) is 71.8 Å². The average Bonchev–Trinajstić information content (AvgIpc) is 3.53. The van der Waals surface area contributed by atoms with Crippen molar-refractivity contribution in [3.63, 3.8) is 0 Å². The standard InChI is InChI=1S/C36H51N5O4/c1-24(37-5)32(42)38-30(27-20-13-8-14-21-27)35(45)41-23-15-22-28(41)33(43)39-31(34(44)40-36(2,3)4)29(25-16-9-6-10-17-25)26-18-11-7-12-19-26/h6-7,9-12,16-19,24,27-31,37H,8,13-15,20-23H2,1-5H3,(H,38,42)(H,39,43)(H,40,44)/t24-,28-,30-,31-/m0/s1. The number of amides is 4. The topological polar surface area (TPSA) is 120 Å². The van der Waals surface area contributed by atoms with Gasteiger partial charge in [0, 0.05) is 18.0 Å². The van der Waals surface area contributed by atoms with Gasteiger partial charge in [-0.2, -0.15) is 0 Å². The molecule has 1 saturated heterocycles. The zero-order chi connectivity index (χ0) is 32.6. The lowest BCUT2D eigenvalue weighted by Crippen LogP contribution is -2.60. The second kappa shape index (κ2) is 15.5. The maximum Gasteiger partial charge on any atom is 0.246 e. The van der Waals surface area contributed by atoms with Crippen molar-refractivity contribution in [1.29, 1.82) is 0 Å². The third-order valence-electron chi connectivity index (χ3n) is 9.08. The van der Waals surface area contributed by atoms with Gasteiger partial charge < -0.3 is 26.2 Å². The summed E-state index contributed by atoms with van der Waals surface area (Å²) in [5, 5.41) is 12.2. The lowest BCUT2D eigenvalue weighted by molar-refractivity contribution is -0.143. The van der Waals surface area contributed by atoms with Gasteiger partial charge in [-0.1, -0.05) is 79.9 Å². The largest absolute Gasteiger partial charge is 0.350 e. The second-order valence-corrected chi connectivity index (χ2v) is 13.6.